The van der Waals surface area contributed by atoms with E-state index in [-0.39, 0.29) is 26.0 Å². The molecule has 0 bridgehead atoms. The lowest BCUT2D eigenvalue weighted by molar-refractivity contribution is -0.254. The Morgan fingerprint density at radius 3 is 2.32 bits per heavy atom. The molecule has 0 saturated carbocycles. The van der Waals surface area contributed by atoms with Crippen LogP contribution < -0.4 is 5.32 Å². The van der Waals surface area contributed by atoms with Crippen molar-refractivity contribution in [3.05, 3.63) is 35.9 Å². The maximum absolute atomic E-state index is 14.2. The molecule has 3 atom stereocenters. The van der Waals surface area contributed by atoms with Crippen LogP contribution >= 0.6 is 0 Å². The van der Waals surface area contributed by atoms with Gasteiger partial charge in [0, 0.05) is 6.54 Å². The maximum atomic E-state index is 14.2. The van der Waals surface area contributed by atoms with Gasteiger partial charge in [-0.05, 0) is 45.1 Å². The first-order valence-corrected chi connectivity index (χ1v) is 12.5. The van der Waals surface area contributed by atoms with E-state index in [0.29, 0.717) is 6.42 Å². The van der Waals surface area contributed by atoms with E-state index in [9.17, 15) is 32.3 Å². The molecule has 0 spiro atoms. The number of esters is 1. The Morgan fingerprint density at radius 1 is 1.13 bits per heavy atom. The van der Waals surface area contributed by atoms with Gasteiger partial charge in [-0.2, -0.15) is 0 Å². The highest BCUT2D eigenvalue weighted by atomic mass is 19.4. The Bertz CT molecular complexity index is 981. The van der Waals surface area contributed by atoms with Crippen LogP contribution in [-0.4, -0.2) is 70.8 Å². The first kappa shape index (κ1) is 30.9. The van der Waals surface area contributed by atoms with Crippen LogP contribution in [0.3, 0.4) is 0 Å². The van der Waals surface area contributed by atoms with E-state index in [0.717, 1.165) is 10.5 Å². The Labute approximate surface area is 220 Å². The van der Waals surface area contributed by atoms with Crippen LogP contribution in [0.25, 0.3) is 0 Å². The van der Waals surface area contributed by atoms with Crippen LogP contribution in [0.1, 0.15) is 59.4 Å². The van der Waals surface area contributed by atoms with Crippen molar-refractivity contribution in [3.63, 3.8) is 0 Å². The van der Waals surface area contributed by atoms with Crippen molar-refractivity contribution in [1.82, 2.24) is 15.1 Å². The summed E-state index contributed by atoms with van der Waals surface area (Å²) in [6.45, 7) is 6.68. The van der Waals surface area contributed by atoms with Crippen molar-refractivity contribution >= 4 is 23.9 Å². The van der Waals surface area contributed by atoms with Crippen LogP contribution in [-0.2, 0) is 30.5 Å². The van der Waals surface area contributed by atoms with Crippen molar-refractivity contribution in [1.29, 1.82) is 0 Å². The third-order valence-corrected chi connectivity index (χ3v) is 6.07. The number of alkyl halides is 3. The van der Waals surface area contributed by atoms with E-state index in [2.05, 4.69) is 0 Å². The van der Waals surface area contributed by atoms with Crippen LogP contribution in [0.4, 0.5) is 18.0 Å². The molecule has 1 aromatic carbocycles. The zero-order chi connectivity index (χ0) is 28.7. The van der Waals surface area contributed by atoms with Crippen molar-refractivity contribution in [3.8, 4) is 0 Å². The molecule has 0 aromatic heterocycles. The monoisotopic (exact) mass is 543 g/mol. The molecule has 1 aromatic rings. The van der Waals surface area contributed by atoms with E-state index in [1.165, 1.54) is 6.92 Å². The summed E-state index contributed by atoms with van der Waals surface area (Å²) in [5, 5.41) is 2.02. The predicted molar refractivity (Wildman–Crippen MR) is 131 cm³/mol. The molecular formula is C26H36F3N3O6. The summed E-state index contributed by atoms with van der Waals surface area (Å²) in [5.74, 6) is -4.15. The van der Waals surface area contributed by atoms with E-state index >= 15 is 0 Å². The van der Waals surface area contributed by atoms with Crippen LogP contribution in [0.5, 0.6) is 0 Å². The van der Waals surface area contributed by atoms with Gasteiger partial charge in [0.1, 0.15) is 30.8 Å². The number of benzene rings is 1. The summed E-state index contributed by atoms with van der Waals surface area (Å²) in [6, 6.07) is 5.84. The minimum atomic E-state index is -5.22. The minimum absolute atomic E-state index is 0.0451. The van der Waals surface area contributed by atoms with Crippen molar-refractivity contribution in [2.75, 3.05) is 13.1 Å². The Kier molecular flexibility index (Phi) is 10.5. The molecule has 1 aliphatic rings. The second-order valence-corrected chi connectivity index (χ2v) is 10.2. The van der Waals surface area contributed by atoms with Crippen molar-refractivity contribution < 1.29 is 41.8 Å². The van der Waals surface area contributed by atoms with Crippen LogP contribution in [0, 0.1) is 5.92 Å². The number of hydrogen-bond donors (Lipinski definition) is 1. The topological polar surface area (TPSA) is 105 Å². The quantitative estimate of drug-likeness (QED) is 0.373. The summed E-state index contributed by atoms with van der Waals surface area (Å²) in [4.78, 5) is 51.7. The van der Waals surface area contributed by atoms with E-state index in [1.54, 1.807) is 58.0 Å². The highest BCUT2D eigenvalue weighted by Gasteiger charge is 2.52. The zero-order valence-electron chi connectivity index (χ0n) is 22.3. The molecule has 1 aliphatic heterocycles. The molecule has 1 saturated heterocycles. The average molecular weight is 544 g/mol. The largest absolute Gasteiger partial charge is 0.487 e. The van der Waals surface area contributed by atoms with Gasteiger partial charge in [-0.15, -0.1) is 13.2 Å². The lowest BCUT2D eigenvalue weighted by atomic mass is 9.95. The fourth-order valence-corrected chi connectivity index (χ4v) is 4.10. The lowest BCUT2D eigenvalue weighted by Gasteiger charge is -2.38. The average Bonchev–Trinajstić information content (AvgIpc) is 3.32. The lowest BCUT2D eigenvalue weighted by Crippen LogP contribution is -2.61. The van der Waals surface area contributed by atoms with Gasteiger partial charge in [0.15, 0.2) is 0 Å². The number of nitrogens with one attached hydrogen (secondary N) is 1. The number of rotatable bonds is 9. The van der Waals surface area contributed by atoms with Gasteiger partial charge in [-0.25, -0.2) is 14.5 Å². The highest BCUT2D eigenvalue weighted by molar-refractivity contribution is 5.92. The van der Waals surface area contributed by atoms with Gasteiger partial charge >= 0.3 is 18.4 Å². The third-order valence-electron chi connectivity index (χ3n) is 6.07. The Balaban J connectivity index is 2.24. The van der Waals surface area contributed by atoms with Gasteiger partial charge in [0.05, 0.1) is 0 Å². The van der Waals surface area contributed by atoms with Gasteiger partial charge in [-0.3, -0.25) is 9.59 Å². The molecule has 212 valence electrons. The second kappa shape index (κ2) is 13.0. The van der Waals surface area contributed by atoms with Crippen LogP contribution in [0.2, 0.25) is 0 Å². The zero-order valence-corrected chi connectivity index (χ0v) is 22.3. The summed E-state index contributed by atoms with van der Waals surface area (Å²) < 4.78 is 53.0. The highest BCUT2D eigenvalue weighted by Crippen LogP contribution is 2.32. The fourth-order valence-electron chi connectivity index (χ4n) is 4.10. The number of carbonyl (C=O) groups excluding carboxylic acids is 4. The molecule has 12 heteroatoms. The smallest absolute Gasteiger partial charge is 0.459 e. The second-order valence-electron chi connectivity index (χ2n) is 10.2. The normalized spacial score (nSPS) is 17.4. The molecule has 0 radical (unpaired) electrons. The first-order valence-electron chi connectivity index (χ1n) is 12.5. The number of hydrogen-bond acceptors (Lipinski definition) is 6. The molecule has 38 heavy (non-hydrogen) atoms. The number of alkyl carbamates (subject to hydrolysis) is 1. The van der Waals surface area contributed by atoms with Gasteiger partial charge in [-0.1, -0.05) is 50.6 Å². The SMILES string of the molecule is CC[C@H](C)[C@@H](C(=O)N1CCC[C@H]1C(=O)OCc1ccccc1)N(C(=O)CNC(=O)OC(C)(C)C)C(F)(F)F. The first-order chi connectivity index (χ1) is 17.7. The minimum Gasteiger partial charge on any atom is -0.459 e. The Morgan fingerprint density at radius 2 is 1.76 bits per heavy atom. The summed E-state index contributed by atoms with van der Waals surface area (Å²) in [7, 11) is 0. The number of ether oxygens (including phenoxy) is 2. The fraction of sp³-hybridized carbons (Fsp3) is 0.615. The number of likely N-dealkylation sites (tertiary alicyclic amines) is 1. The van der Waals surface area contributed by atoms with Gasteiger partial charge in [0.2, 0.25) is 11.8 Å². The molecule has 1 N–H and O–H groups in total. The number of nitrogens with zero attached hydrogens (tertiary/aromatic N) is 2. The summed E-state index contributed by atoms with van der Waals surface area (Å²) >= 11 is 0. The third kappa shape index (κ3) is 8.63. The number of amides is 3. The van der Waals surface area contributed by atoms with Crippen LogP contribution in [0.15, 0.2) is 30.3 Å². The molecule has 9 nitrogen and oxygen atoms in total. The van der Waals surface area contributed by atoms with Crippen molar-refractivity contribution in [2.45, 2.75) is 84.5 Å². The molecule has 0 unspecified atom stereocenters. The molecule has 1 heterocycles. The van der Waals surface area contributed by atoms with E-state index in [4.69, 9.17) is 9.47 Å². The number of carbonyl (C=O) groups is 4. The molecule has 0 aliphatic carbocycles. The van der Waals surface area contributed by atoms with Gasteiger partial charge in [0.25, 0.3) is 0 Å². The molecule has 2 rings (SSSR count). The Hall–Kier alpha value is -3.31. The summed E-state index contributed by atoms with van der Waals surface area (Å²) in [6.07, 6.45) is -5.52. The molecular weight excluding hydrogens is 507 g/mol. The van der Waals surface area contributed by atoms with Crippen molar-refractivity contribution in [2.24, 2.45) is 5.92 Å². The maximum Gasteiger partial charge on any atom is 0.487 e. The van der Waals surface area contributed by atoms with Gasteiger partial charge < -0.3 is 19.7 Å². The number of halogens is 3. The van der Waals surface area contributed by atoms with E-state index < -0.39 is 65.2 Å². The standard InChI is InChI=1S/C26H36F3N3O6/c1-6-17(2)21(32(26(27,28)29)20(33)15-30-24(36)38-25(3,4)5)22(34)31-14-10-13-19(31)23(35)37-16-18-11-8-7-9-12-18/h7-9,11-12,17,19,21H,6,10,13-16H2,1-5H3,(H,30,36)/t17-,19-,21-/m0/s1. The molecule has 1 fully saturated rings. The predicted octanol–water partition coefficient (Wildman–Crippen LogP) is 4.01. The molecule has 3 amide bonds. The summed E-state index contributed by atoms with van der Waals surface area (Å²) in [5.41, 5.74) is -0.202. The van der Waals surface area contributed by atoms with E-state index in [1.807, 2.05) is 5.32 Å².